The van der Waals surface area contributed by atoms with Crippen LogP contribution < -0.4 is 29.6 Å². The highest BCUT2D eigenvalue weighted by Gasteiger charge is 2.63. The van der Waals surface area contributed by atoms with Crippen molar-refractivity contribution in [3.8, 4) is 28.8 Å². The van der Waals surface area contributed by atoms with E-state index in [9.17, 15) is 22.8 Å². The maximum Gasteiger partial charge on any atom is 0.407 e. The molecule has 3 amide bonds. The molecule has 15 nitrogen and oxygen atoms in total. The summed E-state index contributed by atoms with van der Waals surface area (Å²) in [7, 11) is -2.38. The number of nitrogens with one attached hydrogen (secondary N) is 3. The van der Waals surface area contributed by atoms with E-state index >= 15 is 0 Å². The normalized spacial score (nSPS) is 31.8. The molecule has 0 radical (unpaired) electrons. The van der Waals surface area contributed by atoms with E-state index in [2.05, 4.69) is 40.8 Å². The standard InChI is InChI=1S/C50H64N6O9S/c1-28(2)63-43-15-12-32(26-51-43)41-23-35-22-37(62-7)13-14-40(35)46(52-41)64-39-24-42-45(57)54-50(47(58)55-66(60,61)49(6)16-17-49)25-36(50)11-9-8-10-29(3)18-30(4)44(31(5)56(42)27-39)53-48(59)65-38-20-33-19-34(33)21-38/h9,11-15,22-23,26,28-30,33-34,36,38-39,42,44H,5,8,10,16-21,24-25,27H2,1-4,6-7H3,(H,53,59)(H,54,57)(H,55,58)/b11-9-/t29-,30+,33-,34+,36+,38+,39?,42-,44-,50+/m0/s1. The van der Waals surface area contributed by atoms with Crippen LogP contribution in [0, 0.1) is 29.6 Å². The Hall–Kier alpha value is -5.38. The highest BCUT2D eigenvalue weighted by molar-refractivity contribution is 7.91. The van der Waals surface area contributed by atoms with Crippen molar-refractivity contribution in [2.75, 3.05) is 13.7 Å². The van der Waals surface area contributed by atoms with Crippen LogP contribution in [0.2, 0.25) is 0 Å². The lowest BCUT2D eigenvalue weighted by Crippen LogP contribution is -2.57. The van der Waals surface area contributed by atoms with Gasteiger partial charge in [-0.05, 0) is 138 Å². The number of amides is 3. The minimum absolute atomic E-state index is 0.0419. The van der Waals surface area contributed by atoms with Crippen molar-refractivity contribution in [1.82, 2.24) is 30.2 Å². The summed E-state index contributed by atoms with van der Waals surface area (Å²) in [5.74, 6) is 1.28. The third-order valence-corrected chi connectivity index (χ3v) is 17.0. The summed E-state index contributed by atoms with van der Waals surface area (Å²) in [4.78, 5) is 54.3. The molecule has 2 aromatic heterocycles. The lowest BCUT2D eigenvalue weighted by atomic mass is 9.87. The van der Waals surface area contributed by atoms with Gasteiger partial charge in [-0.2, -0.15) is 0 Å². The zero-order valence-corrected chi connectivity index (χ0v) is 39.7. The minimum atomic E-state index is -3.99. The van der Waals surface area contributed by atoms with Crippen LogP contribution in [0.4, 0.5) is 4.79 Å². The largest absolute Gasteiger partial charge is 0.497 e. The van der Waals surface area contributed by atoms with Crippen molar-refractivity contribution < 1.29 is 41.7 Å². The number of rotatable bonds is 11. The SMILES string of the molecule is C=C1[C@@H](NC(=O)O[C@@H]2C[C@@H]3C[C@@H]3C2)[C@H](C)C[C@@H](C)CC/C=C\[C@@H]2C[C@@]2(C(=O)NS(=O)(=O)C2(C)CC2)NC(=O)[C@@H]2CC(Oc3nc(-c4ccc(OC(C)C)nc4)cc4cc(OC)ccc34)CN12. The molecule has 1 unspecified atom stereocenters. The van der Waals surface area contributed by atoms with Crippen LogP contribution >= 0.6 is 0 Å². The van der Waals surface area contributed by atoms with E-state index in [1.54, 1.807) is 26.3 Å². The van der Waals surface area contributed by atoms with Gasteiger partial charge >= 0.3 is 6.09 Å². The first-order valence-corrected chi connectivity index (χ1v) is 25.2. The molecule has 354 valence electrons. The number of hydrogen-bond donors (Lipinski definition) is 3. The Morgan fingerprint density at radius 1 is 1.02 bits per heavy atom. The lowest BCUT2D eigenvalue weighted by molar-refractivity contribution is -0.131. The number of benzene rings is 1. The molecule has 2 aliphatic heterocycles. The summed E-state index contributed by atoms with van der Waals surface area (Å²) in [6.07, 6.45) is 11.0. The van der Waals surface area contributed by atoms with Crippen LogP contribution in [0.1, 0.15) is 98.8 Å². The van der Waals surface area contributed by atoms with Gasteiger partial charge in [-0.3, -0.25) is 14.3 Å². The van der Waals surface area contributed by atoms with Crippen LogP contribution in [0.3, 0.4) is 0 Å². The fourth-order valence-electron chi connectivity index (χ4n) is 10.4. The van der Waals surface area contributed by atoms with Gasteiger partial charge in [0, 0.05) is 41.2 Å². The van der Waals surface area contributed by atoms with Crippen molar-refractivity contribution in [3.05, 3.63) is 67.0 Å². The second-order valence-electron chi connectivity index (χ2n) is 20.4. The molecule has 4 heterocycles. The summed E-state index contributed by atoms with van der Waals surface area (Å²) in [6.45, 7) is 14.6. The molecule has 66 heavy (non-hydrogen) atoms. The molecule has 9 rings (SSSR count). The number of sulfonamides is 1. The van der Waals surface area contributed by atoms with Crippen molar-refractivity contribution >= 4 is 38.7 Å². The molecule has 10 atom stereocenters. The molecule has 3 aromatic rings. The molecular formula is C50H64N6O9S. The molecule has 0 spiro atoms. The number of methoxy groups -OCH3 is 1. The predicted molar refractivity (Wildman–Crippen MR) is 249 cm³/mol. The molecule has 1 aromatic carbocycles. The Morgan fingerprint density at radius 3 is 2.48 bits per heavy atom. The second kappa shape index (κ2) is 17.7. The quantitative estimate of drug-likeness (QED) is 0.164. The summed E-state index contributed by atoms with van der Waals surface area (Å²) < 4.78 is 52.4. The van der Waals surface area contributed by atoms with Gasteiger partial charge in [-0.25, -0.2) is 23.2 Å². The second-order valence-corrected chi connectivity index (χ2v) is 22.6. The minimum Gasteiger partial charge on any atom is -0.497 e. The van der Waals surface area contributed by atoms with Crippen LogP contribution in [-0.4, -0.2) is 95.5 Å². The topological polar surface area (TPSA) is 187 Å². The average molecular weight is 925 g/mol. The Labute approximate surface area is 387 Å². The van der Waals surface area contributed by atoms with E-state index in [-0.39, 0.29) is 43.4 Å². The van der Waals surface area contributed by atoms with Gasteiger partial charge < -0.3 is 34.5 Å². The number of aromatic nitrogens is 2. The highest BCUT2D eigenvalue weighted by atomic mass is 32.2. The maximum absolute atomic E-state index is 15.0. The number of hydrogen-bond acceptors (Lipinski definition) is 12. The zero-order chi connectivity index (χ0) is 46.7. The number of allylic oxidation sites excluding steroid dienone is 1. The number of nitrogens with zero attached hydrogens (tertiary/aromatic N) is 3. The van der Waals surface area contributed by atoms with E-state index in [4.69, 9.17) is 23.9 Å². The van der Waals surface area contributed by atoms with Crippen molar-refractivity contribution in [1.29, 1.82) is 0 Å². The average Bonchev–Trinajstić information content (AvgIpc) is 4.23. The third-order valence-electron chi connectivity index (χ3n) is 14.8. The summed E-state index contributed by atoms with van der Waals surface area (Å²) in [6, 6.07) is 9.75. The van der Waals surface area contributed by atoms with Crippen LogP contribution in [0.15, 0.2) is 67.0 Å². The first-order chi connectivity index (χ1) is 31.4. The summed E-state index contributed by atoms with van der Waals surface area (Å²) in [5, 5.41) is 7.79. The van der Waals surface area contributed by atoms with Gasteiger partial charge in [0.2, 0.25) is 27.7 Å². The monoisotopic (exact) mass is 924 g/mol. The Kier molecular flexibility index (Phi) is 12.3. The maximum atomic E-state index is 15.0. The molecule has 5 fully saturated rings. The first kappa shape index (κ1) is 45.8. The van der Waals surface area contributed by atoms with Crippen LogP contribution in [0.25, 0.3) is 22.0 Å². The molecule has 3 N–H and O–H groups in total. The number of alkyl carbamates (subject to hydrolysis) is 1. The van der Waals surface area contributed by atoms with Crippen molar-refractivity contribution in [2.45, 2.75) is 140 Å². The van der Waals surface area contributed by atoms with E-state index in [0.29, 0.717) is 53.6 Å². The zero-order valence-electron chi connectivity index (χ0n) is 38.9. The van der Waals surface area contributed by atoms with Gasteiger partial charge in [-0.15, -0.1) is 0 Å². The number of ether oxygens (including phenoxy) is 4. The van der Waals surface area contributed by atoms with E-state index in [0.717, 1.165) is 48.4 Å². The number of carbonyl (C=O) groups is 3. The van der Waals surface area contributed by atoms with Gasteiger partial charge in [0.25, 0.3) is 5.91 Å². The fourth-order valence-corrected chi connectivity index (χ4v) is 11.7. The molecule has 1 saturated heterocycles. The molecule has 6 aliphatic rings. The smallest absolute Gasteiger partial charge is 0.407 e. The Bertz CT molecular complexity index is 2520. The first-order valence-electron chi connectivity index (χ1n) is 23.7. The summed E-state index contributed by atoms with van der Waals surface area (Å²) in [5.41, 5.74) is 0.377. The predicted octanol–water partition coefficient (Wildman–Crippen LogP) is 7.21. The molecule has 4 saturated carbocycles. The van der Waals surface area contributed by atoms with Gasteiger partial charge in [0.1, 0.15) is 29.5 Å². The molecule has 0 bridgehead atoms. The Morgan fingerprint density at radius 2 is 1.79 bits per heavy atom. The summed E-state index contributed by atoms with van der Waals surface area (Å²) >= 11 is 0. The van der Waals surface area contributed by atoms with Crippen molar-refractivity contribution in [3.63, 3.8) is 0 Å². The fraction of sp³-hybridized carbons (Fsp3) is 0.580. The van der Waals surface area contributed by atoms with E-state index < -0.39 is 62.3 Å². The van der Waals surface area contributed by atoms with E-state index in [1.807, 2.05) is 61.2 Å². The van der Waals surface area contributed by atoms with E-state index in [1.165, 1.54) is 6.42 Å². The van der Waals surface area contributed by atoms with Crippen LogP contribution in [-0.2, 0) is 24.3 Å². The molecular weight excluding hydrogens is 861 g/mol. The van der Waals surface area contributed by atoms with Gasteiger partial charge in [0.15, 0.2) is 0 Å². The Balaban J connectivity index is 1.05. The number of pyridine rings is 2. The molecule has 16 heteroatoms. The highest BCUT2D eigenvalue weighted by Crippen LogP contribution is 2.53. The van der Waals surface area contributed by atoms with Crippen molar-refractivity contribution in [2.24, 2.45) is 29.6 Å². The van der Waals surface area contributed by atoms with Gasteiger partial charge in [-0.1, -0.05) is 32.6 Å². The number of carbonyl (C=O) groups excluding carboxylic acids is 3. The van der Waals surface area contributed by atoms with Gasteiger partial charge in [0.05, 0.1) is 36.2 Å². The third kappa shape index (κ3) is 9.44. The van der Waals surface area contributed by atoms with Crippen LogP contribution in [0.5, 0.6) is 17.5 Å². The number of fused-ring (bicyclic) bond motifs is 4. The lowest BCUT2D eigenvalue weighted by Gasteiger charge is -2.36. The molecule has 4 aliphatic carbocycles.